The Balaban J connectivity index is 2.11. The Kier molecular flexibility index (Phi) is 3.37. The fourth-order valence-corrected chi connectivity index (χ4v) is 1.28. The summed E-state index contributed by atoms with van der Waals surface area (Å²) in [7, 11) is 0. The van der Waals surface area contributed by atoms with Gasteiger partial charge in [0, 0.05) is 0 Å². The Morgan fingerprint density at radius 3 is 2.31 bits per heavy atom. The standard InChI is InChI=1S/C12H10ClN2O/c1-2-9-3-5-11(6-4-9)16-12-14-7-10(13)8-15-12/h3-8H,1-2H2. The zero-order valence-electron chi connectivity index (χ0n) is 8.56. The van der Waals surface area contributed by atoms with Gasteiger partial charge in [0.2, 0.25) is 0 Å². The molecule has 0 N–H and O–H groups in total. The molecule has 0 bridgehead atoms. The number of halogens is 1. The van der Waals surface area contributed by atoms with Crippen LogP contribution in [0.3, 0.4) is 0 Å². The Labute approximate surface area is 99.1 Å². The van der Waals surface area contributed by atoms with Crippen molar-refractivity contribution >= 4 is 11.6 Å². The van der Waals surface area contributed by atoms with E-state index in [1.807, 2.05) is 24.3 Å². The van der Waals surface area contributed by atoms with Crippen LogP contribution in [-0.2, 0) is 6.42 Å². The van der Waals surface area contributed by atoms with E-state index in [-0.39, 0.29) is 6.01 Å². The minimum Gasteiger partial charge on any atom is -0.424 e. The Hall–Kier alpha value is -1.61. The van der Waals surface area contributed by atoms with Crippen LogP contribution in [0.2, 0.25) is 5.02 Å². The van der Waals surface area contributed by atoms with E-state index in [1.54, 1.807) is 0 Å². The molecule has 0 saturated carbocycles. The summed E-state index contributed by atoms with van der Waals surface area (Å²) in [5.74, 6) is 0.694. The van der Waals surface area contributed by atoms with Gasteiger partial charge in [-0.15, -0.1) is 0 Å². The van der Waals surface area contributed by atoms with Crippen molar-refractivity contribution in [3.05, 3.63) is 54.2 Å². The highest BCUT2D eigenvalue weighted by molar-refractivity contribution is 6.30. The van der Waals surface area contributed by atoms with E-state index in [2.05, 4.69) is 16.9 Å². The van der Waals surface area contributed by atoms with Crippen LogP contribution in [0.1, 0.15) is 5.56 Å². The van der Waals surface area contributed by atoms with E-state index >= 15 is 0 Å². The quantitative estimate of drug-likeness (QED) is 0.816. The van der Waals surface area contributed by atoms with Gasteiger partial charge in [0.05, 0.1) is 17.4 Å². The molecular weight excluding hydrogens is 224 g/mol. The number of nitrogens with zero attached hydrogens (tertiary/aromatic N) is 2. The van der Waals surface area contributed by atoms with Crippen molar-refractivity contribution in [3.63, 3.8) is 0 Å². The van der Waals surface area contributed by atoms with Gasteiger partial charge in [0.1, 0.15) is 5.75 Å². The predicted octanol–water partition coefficient (Wildman–Crippen LogP) is 3.30. The van der Waals surface area contributed by atoms with Crippen LogP contribution in [0, 0.1) is 6.92 Å². The molecule has 4 heteroatoms. The topological polar surface area (TPSA) is 35.0 Å². The molecule has 3 nitrogen and oxygen atoms in total. The first-order valence-electron chi connectivity index (χ1n) is 4.81. The zero-order chi connectivity index (χ0) is 11.4. The molecule has 81 valence electrons. The lowest BCUT2D eigenvalue weighted by Gasteiger charge is -2.03. The highest BCUT2D eigenvalue weighted by atomic mass is 35.5. The fourth-order valence-electron chi connectivity index (χ4n) is 1.18. The van der Waals surface area contributed by atoms with Crippen LogP contribution in [0.4, 0.5) is 0 Å². The molecule has 0 fully saturated rings. The summed E-state index contributed by atoms with van der Waals surface area (Å²) in [5, 5.41) is 0.486. The summed E-state index contributed by atoms with van der Waals surface area (Å²) in [6, 6.07) is 7.92. The summed E-state index contributed by atoms with van der Waals surface area (Å²) in [4.78, 5) is 7.88. The summed E-state index contributed by atoms with van der Waals surface area (Å²) in [6.07, 6.45) is 3.75. The molecule has 1 aromatic heterocycles. The lowest BCUT2D eigenvalue weighted by atomic mass is 10.2. The van der Waals surface area contributed by atoms with Gasteiger partial charge < -0.3 is 4.74 Å². The van der Waals surface area contributed by atoms with Crippen LogP contribution in [0.5, 0.6) is 11.8 Å². The van der Waals surface area contributed by atoms with E-state index < -0.39 is 0 Å². The Bertz CT molecular complexity index is 453. The largest absolute Gasteiger partial charge is 0.424 e. The lowest BCUT2D eigenvalue weighted by Crippen LogP contribution is -1.91. The highest BCUT2D eigenvalue weighted by Gasteiger charge is 1.99. The predicted molar refractivity (Wildman–Crippen MR) is 62.6 cm³/mol. The number of aromatic nitrogens is 2. The molecule has 0 aliphatic heterocycles. The summed E-state index contributed by atoms with van der Waals surface area (Å²) < 4.78 is 5.43. The minimum absolute atomic E-state index is 0.284. The maximum Gasteiger partial charge on any atom is 0.321 e. The van der Waals surface area contributed by atoms with Crippen molar-refractivity contribution in [1.82, 2.24) is 9.97 Å². The molecule has 0 unspecified atom stereocenters. The van der Waals surface area contributed by atoms with E-state index in [0.717, 1.165) is 12.0 Å². The van der Waals surface area contributed by atoms with Gasteiger partial charge in [-0.3, -0.25) is 0 Å². The third-order valence-electron chi connectivity index (χ3n) is 2.02. The monoisotopic (exact) mass is 233 g/mol. The van der Waals surface area contributed by atoms with E-state index in [4.69, 9.17) is 16.3 Å². The number of hydrogen-bond donors (Lipinski definition) is 0. The first-order chi connectivity index (χ1) is 7.78. The average Bonchev–Trinajstić information content (AvgIpc) is 2.33. The molecule has 1 aromatic carbocycles. The second-order valence-corrected chi connectivity index (χ2v) is 3.62. The second kappa shape index (κ2) is 4.94. The third-order valence-corrected chi connectivity index (χ3v) is 2.21. The van der Waals surface area contributed by atoms with Crippen LogP contribution in [-0.4, -0.2) is 9.97 Å². The Morgan fingerprint density at radius 1 is 1.12 bits per heavy atom. The fraction of sp³-hybridized carbons (Fsp3) is 0.0833. The number of rotatable bonds is 3. The van der Waals surface area contributed by atoms with Crippen molar-refractivity contribution < 1.29 is 4.74 Å². The van der Waals surface area contributed by atoms with Gasteiger partial charge in [-0.2, -0.15) is 0 Å². The van der Waals surface area contributed by atoms with Crippen molar-refractivity contribution in [2.24, 2.45) is 0 Å². The summed E-state index contributed by atoms with van der Waals surface area (Å²) in [5.41, 5.74) is 1.16. The zero-order valence-corrected chi connectivity index (χ0v) is 9.31. The van der Waals surface area contributed by atoms with Gasteiger partial charge in [0.25, 0.3) is 0 Å². The first kappa shape index (κ1) is 10.9. The number of benzene rings is 1. The van der Waals surface area contributed by atoms with Gasteiger partial charge >= 0.3 is 6.01 Å². The molecular formula is C12H10ClN2O. The molecule has 1 radical (unpaired) electrons. The molecule has 1 heterocycles. The maximum absolute atomic E-state index is 5.67. The molecule has 2 rings (SSSR count). The van der Waals surface area contributed by atoms with Crippen LogP contribution >= 0.6 is 11.6 Å². The van der Waals surface area contributed by atoms with E-state index in [9.17, 15) is 0 Å². The molecule has 16 heavy (non-hydrogen) atoms. The number of ether oxygens (including phenoxy) is 1. The number of hydrogen-bond acceptors (Lipinski definition) is 3. The lowest BCUT2D eigenvalue weighted by molar-refractivity contribution is 0.441. The van der Waals surface area contributed by atoms with Crippen molar-refractivity contribution in [1.29, 1.82) is 0 Å². The van der Waals surface area contributed by atoms with Crippen LogP contribution in [0.25, 0.3) is 0 Å². The molecule has 0 aliphatic rings. The van der Waals surface area contributed by atoms with Gasteiger partial charge in [0.15, 0.2) is 0 Å². The first-order valence-corrected chi connectivity index (χ1v) is 5.19. The molecule has 0 atom stereocenters. The molecule has 0 amide bonds. The van der Waals surface area contributed by atoms with Crippen molar-refractivity contribution in [3.8, 4) is 11.8 Å². The van der Waals surface area contributed by atoms with E-state index in [0.29, 0.717) is 10.8 Å². The van der Waals surface area contributed by atoms with Gasteiger partial charge in [-0.25, -0.2) is 9.97 Å². The molecule has 0 spiro atoms. The molecule has 0 aliphatic carbocycles. The van der Waals surface area contributed by atoms with Gasteiger partial charge in [-0.05, 0) is 31.0 Å². The smallest absolute Gasteiger partial charge is 0.321 e. The van der Waals surface area contributed by atoms with Crippen molar-refractivity contribution in [2.45, 2.75) is 6.42 Å². The SMILES string of the molecule is [CH2]Cc1ccc(Oc2ncc(Cl)cn2)cc1. The van der Waals surface area contributed by atoms with E-state index in [1.165, 1.54) is 12.4 Å². The van der Waals surface area contributed by atoms with Crippen LogP contribution < -0.4 is 4.74 Å². The normalized spacial score (nSPS) is 10.1. The molecule has 0 saturated heterocycles. The Morgan fingerprint density at radius 2 is 1.75 bits per heavy atom. The second-order valence-electron chi connectivity index (χ2n) is 3.18. The summed E-state index contributed by atoms with van der Waals surface area (Å²) in [6.45, 7) is 3.80. The maximum atomic E-state index is 5.67. The summed E-state index contributed by atoms with van der Waals surface area (Å²) >= 11 is 5.67. The minimum atomic E-state index is 0.284. The third kappa shape index (κ3) is 2.70. The van der Waals surface area contributed by atoms with Crippen molar-refractivity contribution in [2.75, 3.05) is 0 Å². The molecule has 2 aromatic rings. The highest BCUT2D eigenvalue weighted by Crippen LogP contribution is 2.18. The van der Waals surface area contributed by atoms with Crippen LogP contribution in [0.15, 0.2) is 36.7 Å². The van der Waals surface area contributed by atoms with Gasteiger partial charge in [-0.1, -0.05) is 23.7 Å². The average molecular weight is 234 g/mol.